The van der Waals surface area contributed by atoms with Crippen LogP contribution in [0.2, 0.25) is 0 Å². The van der Waals surface area contributed by atoms with Crippen molar-refractivity contribution in [3.05, 3.63) is 53.4 Å². The van der Waals surface area contributed by atoms with E-state index >= 15 is 0 Å². The number of rotatable bonds is 1. The monoisotopic (exact) mass is 297 g/mol. The Balaban J connectivity index is 1.94. The first-order chi connectivity index (χ1) is 10.6. The number of nitrogens with one attached hydrogen (secondary N) is 1. The normalized spacial score (nSPS) is 21.0. The Kier molecular flexibility index (Phi) is 2.65. The Morgan fingerprint density at radius 2 is 2.18 bits per heavy atom. The van der Waals surface area contributed by atoms with Crippen molar-refractivity contribution in [3.63, 3.8) is 0 Å². The Hall–Kier alpha value is -2.60. The number of nitrogens with zero attached hydrogens (tertiary/aromatic N) is 2. The van der Waals surface area contributed by atoms with Gasteiger partial charge in [-0.2, -0.15) is 0 Å². The van der Waals surface area contributed by atoms with Crippen molar-refractivity contribution in [2.75, 3.05) is 5.32 Å². The Labute approximate surface area is 126 Å². The van der Waals surface area contributed by atoms with Gasteiger partial charge >= 0.3 is 0 Å². The Bertz CT molecular complexity index is 880. The first-order valence-electron chi connectivity index (χ1n) is 7.07. The SMILES string of the molecule is Cc1nc2c3c(ccn2c1C)C(=O)C(O)C(c1ccoc1)N3. The minimum absolute atomic E-state index is 0.305. The number of aryl methyl sites for hydroxylation is 2. The number of aliphatic hydroxyl groups excluding tert-OH is 1. The highest BCUT2D eigenvalue weighted by Crippen LogP contribution is 2.36. The molecule has 4 heterocycles. The van der Waals surface area contributed by atoms with Gasteiger partial charge < -0.3 is 19.2 Å². The van der Waals surface area contributed by atoms with Crippen molar-refractivity contribution in [1.29, 1.82) is 0 Å². The minimum atomic E-state index is -1.15. The summed E-state index contributed by atoms with van der Waals surface area (Å²) in [6.45, 7) is 3.91. The molecule has 1 aliphatic heterocycles. The molecule has 1 aliphatic rings. The highest BCUT2D eigenvalue weighted by molar-refractivity contribution is 6.09. The standard InChI is InChI=1S/C16H15N3O3/c1-8-9(2)19-5-3-11-13(16(19)17-8)18-12(15(21)14(11)20)10-4-6-22-7-10/h3-7,12,15,18,21H,1-2H3. The van der Waals surface area contributed by atoms with Crippen LogP contribution in [-0.4, -0.2) is 26.4 Å². The molecule has 2 atom stereocenters. The van der Waals surface area contributed by atoms with E-state index in [9.17, 15) is 9.90 Å². The van der Waals surface area contributed by atoms with Gasteiger partial charge in [0.1, 0.15) is 6.10 Å². The average molecular weight is 297 g/mol. The molecule has 3 aromatic rings. The second-order valence-corrected chi connectivity index (χ2v) is 5.57. The maximum atomic E-state index is 12.5. The fraction of sp³-hybridized carbons (Fsp3) is 0.250. The Morgan fingerprint density at radius 3 is 2.91 bits per heavy atom. The number of imidazole rings is 1. The fourth-order valence-electron chi connectivity index (χ4n) is 2.95. The number of anilines is 1. The number of aromatic nitrogens is 2. The van der Waals surface area contributed by atoms with E-state index in [1.165, 1.54) is 12.5 Å². The molecule has 6 nitrogen and oxygen atoms in total. The maximum absolute atomic E-state index is 12.5. The molecule has 0 amide bonds. The molecule has 0 saturated carbocycles. The van der Waals surface area contributed by atoms with Crippen molar-refractivity contribution in [3.8, 4) is 0 Å². The summed E-state index contributed by atoms with van der Waals surface area (Å²) in [5.74, 6) is -0.305. The van der Waals surface area contributed by atoms with Gasteiger partial charge in [-0.05, 0) is 26.0 Å². The van der Waals surface area contributed by atoms with Crippen LogP contribution in [0.3, 0.4) is 0 Å². The first-order valence-corrected chi connectivity index (χ1v) is 7.07. The molecule has 0 radical (unpaired) electrons. The van der Waals surface area contributed by atoms with Crippen LogP contribution >= 0.6 is 0 Å². The minimum Gasteiger partial charge on any atom is -0.472 e. The van der Waals surface area contributed by atoms with Gasteiger partial charge in [0.2, 0.25) is 0 Å². The van der Waals surface area contributed by atoms with Crippen molar-refractivity contribution in [2.24, 2.45) is 0 Å². The third kappa shape index (κ3) is 1.64. The van der Waals surface area contributed by atoms with Gasteiger partial charge in [0.05, 0.1) is 29.9 Å². The van der Waals surface area contributed by atoms with E-state index in [1.54, 1.807) is 12.1 Å². The lowest BCUT2D eigenvalue weighted by molar-refractivity contribution is 0.0695. The van der Waals surface area contributed by atoms with E-state index in [0.717, 1.165) is 17.0 Å². The third-order valence-electron chi connectivity index (χ3n) is 4.32. The van der Waals surface area contributed by atoms with Crippen molar-refractivity contribution >= 4 is 17.1 Å². The molecule has 6 heteroatoms. The van der Waals surface area contributed by atoms with E-state index in [0.29, 0.717) is 16.9 Å². The van der Waals surface area contributed by atoms with Crippen LogP contribution in [0.1, 0.15) is 33.4 Å². The van der Waals surface area contributed by atoms with Gasteiger partial charge in [-0.15, -0.1) is 0 Å². The number of fused-ring (bicyclic) bond motifs is 3. The number of ketones is 1. The van der Waals surface area contributed by atoms with Crippen molar-refractivity contribution in [1.82, 2.24) is 9.38 Å². The topological polar surface area (TPSA) is 79.8 Å². The van der Waals surface area contributed by atoms with Gasteiger partial charge in [0.15, 0.2) is 11.4 Å². The second-order valence-electron chi connectivity index (χ2n) is 5.57. The van der Waals surface area contributed by atoms with E-state index in [4.69, 9.17) is 4.42 Å². The predicted octanol–water partition coefficient (Wildman–Crippen LogP) is 2.25. The molecule has 0 bridgehead atoms. The van der Waals surface area contributed by atoms with E-state index in [1.807, 2.05) is 24.4 Å². The van der Waals surface area contributed by atoms with Gasteiger partial charge in [-0.25, -0.2) is 4.98 Å². The number of furan rings is 1. The molecule has 3 aromatic heterocycles. The number of hydrogen-bond donors (Lipinski definition) is 2. The summed E-state index contributed by atoms with van der Waals surface area (Å²) in [5.41, 5.74) is 4.48. The molecule has 4 rings (SSSR count). The van der Waals surface area contributed by atoms with Crippen molar-refractivity contribution in [2.45, 2.75) is 26.0 Å². The predicted molar refractivity (Wildman–Crippen MR) is 80.1 cm³/mol. The van der Waals surface area contributed by atoms with Crippen LogP contribution in [0.25, 0.3) is 5.65 Å². The van der Waals surface area contributed by atoms with Crippen LogP contribution < -0.4 is 5.32 Å². The average Bonchev–Trinajstić information content (AvgIpc) is 3.13. The zero-order chi connectivity index (χ0) is 15.4. The van der Waals surface area contributed by atoms with Gasteiger partial charge in [0, 0.05) is 23.0 Å². The van der Waals surface area contributed by atoms with Crippen LogP contribution in [0.15, 0.2) is 35.3 Å². The molecule has 0 saturated heterocycles. The summed E-state index contributed by atoms with van der Waals surface area (Å²) in [7, 11) is 0. The van der Waals surface area contributed by atoms with E-state index < -0.39 is 12.1 Å². The smallest absolute Gasteiger partial charge is 0.196 e. The summed E-state index contributed by atoms with van der Waals surface area (Å²) >= 11 is 0. The highest BCUT2D eigenvalue weighted by atomic mass is 16.3. The fourth-order valence-corrected chi connectivity index (χ4v) is 2.95. The summed E-state index contributed by atoms with van der Waals surface area (Å²) < 4.78 is 7.01. The van der Waals surface area contributed by atoms with Gasteiger partial charge in [0.25, 0.3) is 0 Å². The molecule has 2 N–H and O–H groups in total. The largest absolute Gasteiger partial charge is 0.472 e. The zero-order valence-corrected chi connectivity index (χ0v) is 12.2. The molecule has 0 aliphatic carbocycles. The molecule has 22 heavy (non-hydrogen) atoms. The molecular formula is C16H15N3O3. The lowest BCUT2D eigenvalue weighted by Crippen LogP contribution is -2.37. The lowest BCUT2D eigenvalue weighted by Gasteiger charge is -2.30. The molecule has 0 spiro atoms. The summed E-state index contributed by atoms with van der Waals surface area (Å²) in [6.07, 6.45) is 3.72. The van der Waals surface area contributed by atoms with E-state index in [2.05, 4.69) is 10.3 Å². The van der Waals surface area contributed by atoms with Crippen LogP contribution in [-0.2, 0) is 0 Å². The summed E-state index contributed by atoms with van der Waals surface area (Å²) in [4.78, 5) is 17.0. The second kappa shape index (κ2) is 4.45. The van der Waals surface area contributed by atoms with Crippen molar-refractivity contribution < 1.29 is 14.3 Å². The van der Waals surface area contributed by atoms with Crippen LogP contribution in [0.5, 0.6) is 0 Å². The number of carbonyl (C=O) groups excluding carboxylic acids is 1. The number of aliphatic hydroxyl groups is 1. The molecular weight excluding hydrogens is 282 g/mol. The lowest BCUT2D eigenvalue weighted by atomic mass is 9.91. The summed E-state index contributed by atoms with van der Waals surface area (Å²) in [5, 5.41) is 13.6. The zero-order valence-electron chi connectivity index (χ0n) is 12.2. The molecule has 112 valence electrons. The molecule has 0 aromatic carbocycles. The number of pyridine rings is 1. The van der Waals surface area contributed by atoms with Crippen LogP contribution in [0.4, 0.5) is 5.69 Å². The van der Waals surface area contributed by atoms with Crippen LogP contribution in [0, 0.1) is 13.8 Å². The maximum Gasteiger partial charge on any atom is 0.196 e. The third-order valence-corrected chi connectivity index (χ3v) is 4.32. The highest BCUT2D eigenvalue weighted by Gasteiger charge is 2.36. The van der Waals surface area contributed by atoms with Gasteiger partial charge in [-0.1, -0.05) is 0 Å². The van der Waals surface area contributed by atoms with Gasteiger partial charge in [-0.3, -0.25) is 4.79 Å². The summed E-state index contributed by atoms with van der Waals surface area (Å²) in [6, 6.07) is 2.92. The quantitative estimate of drug-likeness (QED) is 0.720. The van der Waals surface area contributed by atoms with E-state index in [-0.39, 0.29) is 5.78 Å². The number of Topliss-reactive ketones (excluding diaryl/α,β-unsaturated/α-hetero) is 1. The Morgan fingerprint density at radius 1 is 1.36 bits per heavy atom. The molecule has 0 fully saturated rings. The first kappa shape index (κ1) is 13.1. The number of carbonyl (C=O) groups is 1. The molecule has 2 unspecified atom stereocenters. The number of hydrogen-bond acceptors (Lipinski definition) is 5.